The third-order valence-corrected chi connectivity index (χ3v) is 4.67. The third kappa shape index (κ3) is 5.59. The van der Waals surface area contributed by atoms with Gasteiger partial charge < -0.3 is 4.74 Å². The third-order valence-electron chi connectivity index (χ3n) is 3.06. The van der Waals surface area contributed by atoms with Crippen molar-refractivity contribution in [1.29, 1.82) is 0 Å². The summed E-state index contributed by atoms with van der Waals surface area (Å²) in [5.41, 5.74) is 2.16. The Hall–Kier alpha value is -1.20. The summed E-state index contributed by atoms with van der Waals surface area (Å²) in [4.78, 5) is 12.1. The Morgan fingerprint density at radius 1 is 1.33 bits per heavy atom. The van der Waals surface area contributed by atoms with Gasteiger partial charge in [0.2, 0.25) is 0 Å². The molecule has 0 aromatic heterocycles. The quantitative estimate of drug-likeness (QED) is 0.821. The Morgan fingerprint density at radius 2 is 1.95 bits per heavy atom. The molecular formula is C16H25NO3S. The molecule has 118 valence electrons. The fraction of sp³-hybridized carbons (Fsp3) is 0.562. The highest BCUT2D eigenvalue weighted by Crippen LogP contribution is 2.14. The molecule has 1 unspecified atom stereocenters. The molecule has 5 heteroatoms. The zero-order chi connectivity index (χ0) is 16.0. The van der Waals surface area contributed by atoms with Crippen LogP contribution < -0.4 is 4.72 Å². The van der Waals surface area contributed by atoms with Crippen molar-refractivity contribution in [2.24, 2.45) is 0 Å². The van der Waals surface area contributed by atoms with Crippen LogP contribution in [0.5, 0.6) is 0 Å². The largest absolute Gasteiger partial charge is 0.465 e. The van der Waals surface area contributed by atoms with Gasteiger partial charge in [0.25, 0.3) is 0 Å². The van der Waals surface area contributed by atoms with Crippen LogP contribution in [-0.2, 0) is 26.9 Å². The van der Waals surface area contributed by atoms with Gasteiger partial charge in [0, 0.05) is 0 Å². The van der Waals surface area contributed by atoms with Gasteiger partial charge in [0.15, 0.2) is 0 Å². The smallest absolute Gasteiger partial charge is 0.324 e. The minimum absolute atomic E-state index is 0.312. The fourth-order valence-corrected chi connectivity index (χ4v) is 2.57. The van der Waals surface area contributed by atoms with E-state index < -0.39 is 21.8 Å². The molecule has 1 rings (SSSR count). The Balaban J connectivity index is 2.90. The van der Waals surface area contributed by atoms with Crippen LogP contribution in [0.3, 0.4) is 0 Å². The Kier molecular flexibility index (Phi) is 6.55. The van der Waals surface area contributed by atoms with E-state index >= 15 is 0 Å². The van der Waals surface area contributed by atoms with Crippen molar-refractivity contribution in [2.45, 2.75) is 51.8 Å². The number of esters is 1. The van der Waals surface area contributed by atoms with Crippen molar-refractivity contribution in [3.63, 3.8) is 0 Å². The molecular weight excluding hydrogens is 286 g/mol. The molecule has 0 heterocycles. The van der Waals surface area contributed by atoms with Crippen molar-refractivity contribution in [3.05, 3.63) is 35.4 Å². The number of carbonyl (C=O) groups is 1. The predicted octanol–water partition coefficient (Wildman–Crippen LogP) is 2.52. The highest BCUT2D eigenvalue weighted by Gasteiger charge is 2.28. The normalized spacial score (nSPS) is 14.5. The molecule has 0 aliphatic rings. The lowest BCUT2D eigenvalue weighted by Gasteiger charge is -2.23. The van der Waals surface area contributed by atoms with Crippen molar-refractivity contribution in [2.75, 3.05) is 6.61 Å². The lowest BCUT2D eigenvalue weighted by atomic mass is 10.0. The van der Waals surface area contributed by atoms with E-state index in [0.29, 0.717) is 13.0 Å². The van der Waals surface area contributed by atoms with E-state index in [1.54, 1.807) is 6.92 Å². The van der Waals surface area contributed by atoms with Gasteiger partial charge in [0.1, 0.15) is 6.04 Å². The zero-order valence-corrected chi connectivity index (χ0v) is 14.3. The summed E-state index contributed by atoms with van der Waals surface area (Å²) in [7, 11) is -1.32. The molecule has 21 heavy (non-hydrogen) atoms. The highest BCUT2D eigenvalue weighted by atomic mass is 32.2. The van der Waals surface area contributed by atoms with Gasteiger partial charge in [-0.1, -0.05) is 24.3 Å². The second kappa shape index (κ2) is 7.71. The summed E-state index contributed by atoms with van der Waals surface area (Å²) in [6, 6.07) is 7.26. The Labute approximate surface area is 129 Å². The Morgan fingerprint density at radius 3 is 2.48 bits per heavy atom. The van der Waals surface area contributed by atoms with Gasteiger partial charge in [-0.05, 0) is 52.2 Å². The maximum Gasteiger partial charge on any atom is 0.324 e. The molecule has 0 spiro atoms. The molecule has 1 aromatic carbocycles. The number of hydrogen-bond donors (Lipinski definition) is 1. The van der Waals surface area contributed by atoms with Crippen LogP contribution in [0.15, 0.2) is 24.3 Å². The van der Waals surface area contributed by atoms with Crippen LogP contribution >= 0.6 is 0 Å². The summed E-state index contributed by atoms with van der Waals surface area (Å²) in [6.45, 7) is 9.68. The summed E-state index contributed by atoms with van der Waals surface area (Å²) in [6.07, 6.45) is 0.466. The number of nitrogens with one attached hydrogen (secondary N) is 1. The summed E-state index contributed by atoms with van der Waals surface area (Å²) in [5, 5.41) is 0. The van der Waals surface area contributed by atoms with E-state index in [9.17, 15) is 9.00 Å². The maximum atomic E-state index is 12.3. The first-order chi connectivity index (χ1) is 9.75. The van der Waals surface area contributed by atoms with Crippen LogP contribution in [0, 0.1) is 6.92 Å². The molecule has 0 bridgehead atoms. The second-order valence-corrected chi connectivity index (χ2v) is 7.93. The Bertz CT molecular complexity index is 508. The first kappa shape index (κ1) is 17.9. The number of ether oxygens (including phenoxy) is 1. The van der Waals surface area contributed by atoms with E-state index in [-0.39, 0.29) is 5.97 Å². The van der Waals surface area contributed by atoms with E-state index in [1.165, 1.54) is 0 Å². The van der Waals surface area contributed by atoms with Gasteiger partial charge in [-0.25, -0.2) is 8.93 Å². The number of aryl methyl sites for hydroxylation is 1. The standard InChI is InChI=1S/C16H25NO3S/c1-6-20-15(18)14(17-21(19)16(3,4)5)11-13-10-8-7-9-12(13)2/h7-10,14,17H,6,11H2,1-5H3/t14?,21-/m0/s1. The molecule has 0 amide bonds. The molecule has 1 N–H and O–H groups in total. The van der Waals surface area contributed by atoms with Crippen molar-refractivity contribution < 1.29 is 13.7 Å². The minimum atomic E-state index is -1.32. The molecule has 0 saturated carbocycles. The molecule has 0 aliphatic heterocycles. The number of benzene rings is 1. The van der Waals surface area contributed by atoms with E-state index in [2.05, 4.69) is 4.72 Å². The molecule has 4 nitrogen and oxygen atoms in total. The van der Waals surface area contributed by atoms with Crippen LogP contribution in [0.1, 0.15) is 38.8 Å². The highest BCUT2D eigenvalue weighted by molar-refractivity contribution is 7.84. The van der Waals surface area contributed by atoms with Crippen molar-refractivity contribution in [1.82, 2.24) is 4.72 Å². The molecule has 2 atom stereocenters. The summed E-state index contributed by atoms with van der Waals surface area (Å²) < 4.78 is 19.8. The van der Waals surface area contributed by atoms with E-state index in [0.717, 1.165) is 11.1 Å². The molecule has 0 saturated heterocycles. The van der Waals surface area contributed by atoms with Crippen LogP contribution in [0.4, 0.5) is 0 Å². The van der Waals surface area contributed by atoms with E-state index in [1.807, 2.05) is 52.0 Å². The molecule has 0 radical (unpaired) electrons. The van der Waals surface area contributed by atoms with Crippen LogP contribution in [0.25, 0.3) is 0 Å². The predicted molar refractivity (Wildman–Crippen MR) is 86.3 cm³/mol. The summed E-state index contributed by atoms with van der Waals surface area (Å²) >= 11 is 0. The lowest BCUT2D eigenvalue weighted by molar-refractivity contribution is -0.145. The lowest BCUT2D eigenvalue weighted by Crippen LogP contribution is -2.46. The maximum absolute atomic E-state index is 12.3. The number of rotatable bonds is 6. The van der Waals surface area contributed by atoms with Crippen LogP contribution in [-0.4, -0.2) is 27.6 Å². The van der Waals surface area contributed by atoms with Gasteiger partial charge in [0.05, 0.1) is 22.3 Å². The van der Waals surface area contributed by atoms with Crippen LogP contribution in [0.2, 0.25) is 0 Å². The second-order valence-electron chi connectivity index (χ2n) is 5.93. The van der Waals surface area contributed by atoms with Crippen molar-refractivity contribution in [3.8, 4) is 0 Å². The summed E-state index contributed by atoms with van der Waals surface area (Å²) in [5.74, 6) is -0.363. The minimum Gasteiger partial charge on any atom is -0.465 e. The first-order valence-corrected chi connectivity index (χ1v) is 8.30. The van der Waals surface area contributed by atoms with Gasteiger partial charge >= 0.3 is 5.97 Å². The fourth-order valence-electron chi connectivity index (χ4n) is 1.78. The van der Waals surface area contributed by atoms with Gasteiger partial charge in [-0.3, -0.25) is 4.79 Å². The van der Waals surface area contributed by atoms with Gasteiger partial charge in [-0.15, -0.1) is 0 Å². The van der Waals surface area contributed by atoms with E-state index in [4.69, 9.17) is 4.74 Å². The van der Waals surface area contributed by atoms with Crippen molar-refractivity contribution >= 4 is 17.0 Å². The average molecular weight is 311 g/mol. The number of carbonyl (C=O) groups excluding carboxylic acids is 1. The van der Waals surface area contributed by atoms with Gasteiger partial charge in [-0.2, -0.15) is 0 Å². The molecule has 0 aliphatic carbocycles. The average Bonchev–Trinajstić information content (AvgIpc) is 2.39. The molecule has 0 fully saturated rings. The topological polar surface area (TPSA) is 55.4 Å². The first-order valence-electron chi connectivity index (χ1n) is 7.15. The molecule has 1 aromatic rings. The number of hydrogen-bond acceptors (Lipinski definition) is 3. The monoisotopic (exact) mass is 311 g/mol. The zero-order valence-electron chi connectivity index (χ0n) is 13.4. The SMILES string of the molecule is CCOC(=O)C(Cc1ccccc1C)N[S@@](=O)C(C)(C)C.